The Labute approximate surface area is 117 Å². The maximum atomic E-state index is 12.5. The normalized spacial score (nSPS) is 22.6. The van der Waals surface area contributed by atoms with E-state index in [2.05, 4.69) is 0 Å². The summed E-state index contributed by atoms with van der Waals surface area (Å²) in [6.07, 6.45) is 0.502. The van der Waals surface area contributed by atoms with Crippen molar-refractivity contribution in [2.75, 3.05) is 6.54 Å². The molecule has 0 bridgehead atoms. The molecular weight excluding hydrogens is 266 g/mol. The quantitative estimate of drug-likeness (QED) is 0.906. The largest absolute Gasteiger partial charge is 0.481 e. The number of carbonyl (C=O) groups excluding carboxylic acids is 1. The molecular formula is C14H16ClNO3. The summed E-state index contributed by atoms with van der Waals surface area (Å²) in [5, 5.41) is 9.60. The van der Waals surface area contributed by atoms with Gasteiger partial charge in [-0.05, 0) is 38.0 Å². The van der Waals surface area contributed by atoms with Crippen LogP contribution in [-0.4, -0.2) is 34.5 Å². The zero-order valence-electron chi connectivity index (χ0n) is 10.9. The molecule has 0 aromatic heterocycles. The van der Waals surface area contributed by atoms with Crippen molar-refractivity contribution in [2.45, 2.75) is 26.3 Å². The number of aryl methyl sites for hydroxylation is 1. The fourth-order valence-corrected chi connectivity index (χ4v) is 2.71. The Bertz CT molecular complexity index is 529. The molecule has 2 unspecified atom stereocenters. The van der Waals surface area contributed by atoms with E-state index in [9.17, 15) is 9.59 Å². The molecule has 1 amide bonds. The highest BCUT2D eigenvalue weighted by molar-refractivity contribution is 6.31. The first kappa shape index (κ1) is 13.9. The monoisotopic (exact) mass is 281 g/mol. The Balaban J connectivity index is 2.26. The number of aliphatic carboxylic acids is 1. The van der Waals surface area contributed by atoms with Gasteiger partial charge in [0.05, 0.1) is 5.92 Å². The van der Waals surface area contributed by atoms with Crippen LogP contribution < -0.4 is 0 Å². The van der Waals surface area contributed by atoms with Gasteiger partial charge < -0.3 is 10.0 Å². The van der Waals surface area contributed by atoms with E-state index >= 15 is 0 Å². The number of amides is 1. The Kier molecular flexibility index (Phi) is 3.80. The lowest BCUT2D eigenvalue weighted by atomic mass is 10.0. The van der Waals surface area contributed by atoms with Crippen molar-refractivity contribution >= 4 is 23.5 Å². The number of hydrogen-bond donors (Lipinski definition) is 1. The lowest BCUT2D eigenvalue weighted by Gasteiger charge is -2.24. The molecule has 1 saturated heterocycles. The zero-order valence-corrected chi connectivity index (χ0v) is 11.6. The van der Waals surface area contributed by atoms with E-state index in [4.69, 9.17) is 16.7 Å². The molecule has 1 aromatic carbocycles. The molecule has 4 nitrogen and oxygen atoms in total. The molecule has 1 fully saturated rings. The van der Waals surface area contributed by atoms with Crippen LogP contribution in [0.1, 0.15) is 29.3 Å². The van der Waals surface area contributed by atoms with E-state index in [0.29, 0.717) is 23.6 Å². The van der Waals surface area contributed by atoms with Gasteiger partial charge >= 0.3 is 5.97 Å². The smallest absolute Gasteiger partial charge is 0.308 e. The van der Waals surface area contributed by atoms with Crippen molar-refractivity contribution < 1.29 is 14.7 Å². The molecule has 5 heteroatoms. The standard InChI is InChI=1S/C14H16ClNO3/c1-8-3-4-10(15)7-12(8)13(17)16-6-5-11(9(16)2)14(18)19/h3-4,7,9,11H,5-6H2,1-2H3,(H,18,19). The molecule has 0 spiro atoms. The van der Waals surface area contributed by atoms with Crippen molar-refractivity contribution in [1.82, 2.24) is 4.90 Å². The number of likely N-dealkylation sites (tertiary alicyclic amines) is 1. The Morgan fingerprint density at radius 2 is 2.11 bits per heavy atom. The molecule has 1 aliphatic heterocycles. The minimum atomic E-state index is -0.842. The second kappa shape index (κ2) is 5.21. The lowest BCUT2D eigenvalue weighted by molar-refractivity contribution is -0.142. The van der Waals surface area contributed by atoms with Crippen LogP contribution in [0.25, 0.3) is 0 Å². The van der Waals surface area contributed by atoms with Gasteiger partial charge in [0, 0.05) is 23.2 Å². The number of rotatable bonds is 2. The molecule has 19 heavy (non-hydrogen) atoms. The second-order valence-electron chi connectivity index (χ2n) is 4.93. The third-order valence-electron chi connectivity index (χ3n) is 3.76. The number of halogens is 1. The number of carboxylic acids is 1. The minimum absolute atomic E-state index is 0.142. The van der Waals surface area contributed by atoms with Gasteiger partial charge in [-0.3, -0.25) is 9.59 Å². The van der Waals surface area contributed by atoms with Crippen molar-refractivity contribution in [3.8, 4) is 0 Å². The Morgan fingerprint density at radius 3 is 2.68 bits per heavy atom. The highest BCUT2D eigenvalue weighted by Gasteiger charge is 2.38. The molecule has 0 saturated carbocycles. The molecule has 102 valence electrons. The second-order valence-corrected chi connectivity index (χ2v) is 5.37. The van der Waals surface area contributed by atoms with Gasteiger partial charge in [0.1, 0.15) is 0 Å². The topological polar surface area (TPSA) is 57.6 Å². The average Bonchev–Trinajstić information content (AvgIpc) is 2.73. The summed E-state index contributed by atoms with van der Waals surface area (Å²) in [7, 11) is 0. The van der Waals surface area contributed by atoms with Gasteiger partial charge in [0.2, 0.25) is 0 Å². The van der Waals surface area contributed by atoms with Crippen molar-refractivity contribution in [3.63, 3.8) is 0 Å². The van der Waals surface area contributed by atoms with E-state index in [1.54, 1.807) is 30.0 Å². The van der Waals surface area contributed by atoms with Gasteiger partial charge in [-0.15, -0.1) is 0 Å². The van der Waals surface area contributed by atoms with Gasteiger partial charge in [-0.2, -0.15) is 0 Å². The van der Waals surface area contributed by atoms with Crippen molar-refractivity contribution in [1.29, 1.82) is 0 Å². The summed E-state index contributed by atoms with van der Waals surface area (Å²) in [4.78, 5) is 25.2. The van der Waals surface area contributed by atoms with Crippen LogP contribution >= 0.6 is 11.6 Å². The van der Waals surface area contributed by atoms with E-state index in [-0.39, 0.29) is 11.9 Å². The summed E-state index contributed by atoms with van der Waals surface area (Å²) >= 11 is 5.92. The predicted octanol–water partition coefficient (Wildman–Crippen LogP) is 2.58. The molecule has 1 heterocycles. The highest BCUT2D eigenvalue weighted by atomic mass is 35.5. The Hall–Kier alpha value is -1.55. The fraction of sp³-hybridized carbons (Fsp3) is 0.429. The van der Waals surface area contributed by atoms with Crippen LogP contribution in [0.2, 0.25) is 5.02 Å². The molecule has 2 atom stereocenters. The van der Waals surface area contributed by atoms with Gasteiger partial charge in [0.15, 0.2) is 0 Å². The number of nitrogens with zero attached hydrogens (tertiary/aromatic N) is 1. The maximum Gasteiger partial charge on any atom is 0.308 e. The van der Waals surface area contributed by atoms with Crippen LogP contribution in [-0.2, 0) is 4.79 Å². The molecule has 1 aliphatic rings. The van der Waals surface area contributed by atoms with E-state index in [0.717, 1.165) is 5.56 Å². The number of benzene rings is 1. The minimum Gasteiger partial charge on any atom is -0.481 e. The SMILES string of the molecule is Cc1ccc(Cl)cc1C(=O)N1CCC(C(=O)O)C1C. The molecule has 0 radical (unpaired) electrons. The first-order chi connectivity index (χ1) is 8.91. The van der Waals surface area contributed by atoms with Crippen LogP contribution in [0, 0.1) is 12.8 Å². The average molecular weight is 282 g/mol. The van der Waals surface area contributed by atoms with Crippen LogP contribution in [0.4, 0.5) is 0 Å². The third-order valence-corrected chi connectivity index (χ3v) is 4.00. The van der Waals surface area contributed by atoms with Gasteiger partial charge in [-0.1, -0.05) is 17.7 Å². The molecule has 0 aliphatic carbocycles. The van der Waals surface area contributed by atoms with Crippen molar-refractivity contribution in [3.05, 3.63) is 34.3 Å². The summed E-state index contributed by atoms with van der Waals surface area (Å²) in [6.45, 7) is 4.10. The van der Waals surface area contributed by atoms with Crippen LogP contribution in [0.3, 0.4) is 0 Å². The van der Waals surface area contributed by atoms with Gasteiger partial charge in [-0.25, -0.2) is 0 Å². The first-order valence-electron chi connectivity index (χ1n) is 6.21. The predicted molar refractivity (Wildman–Crippen MR) is 72.4 cm³/mol. The highest BCUT2D eigenvalue weighted by Crippen LogP contribution is 2.27. The summed E-state index contributed by atoms with van der Waals surface area (Å²) in [5.74, 6) is -1.47. The molecule has 1 N–H and O–H groups in total. The van der Waals surface area contributed by atoms with E-state index in [1.807, 2.05) is 6.92 Å². The Morgan fingerprint density at radius 1 is 1.42 bits per heavy atom. The third kappa shape index (κ3) is 2.59. The van der Waals surface area contributed by atoms with Gasteiger partial charge in [0.25, 0.3) is 5.91 Å². The van der Waals surface area contributed by atoms with Crippen molar-refractivity contribution in [2.24, 2.45) is 5.92 Å². The first-order valence-corrected chi connectivity index (χ1v) is 6.59. The van der Waals surface area contributed by atoms with E-state index in [1.165, 1.54) is 0 Å². The summed E-state index contributed by atoms with van der Waals surface area (Å²) in [5.41, 5.74) is 1.39. The number of hydrogen-bond acceptors (Lipinski definition) is 2. The summed E-state index contributed by atoms with van der Waals surface area (Å²) in [6, 6.07) is 4.88. The van der Waals surface area contributed by atoms with Crippen LogP contribution in [0.5, 0.6) is 0 Å². The lowest BCUT2D eigenvalue weighted by Crippen LogP contribution is -2.37. The summed E-state index contributed by atoms with van der Waals surface area (Å²) < 4.78 is 0. The van der Waals surface area contributed by atoms with Crippen LogP contribution in [0.15, 0.2) is 18.2 Å². The number of carbonyl (C=O) groups is 2. The molecule has 2 rings (SSSR count). The maximum absolute atomic E-state index is 12.5. The number of carboxylic acid groups (broad SMARTS) is 1. The fourth-order valence-electron chi connectivity index (χ4n) is 2.54. The molecule has 1 aromatic rings. The zero-order chi connectivity index (χ0) is 14.2. The van der Waals surface area contributed by atoms with E-state index < -0.39 is 11.9 Å².